The van der Waals surface area contributed by atoms with Crippen LogP contribution in [0.5, 0.6) is 5.75 Å². The number of hydrogen-bond donors (Lipinski definition) is 1. The molecule has 1 heterocycles. The molecule has 1 saturated carbocycles. The van der Waals surface area contributed by atoms with E-state index in [-0.39, 0.29) is 10.7 Å². The summed E-state index contributed by atoms with van der Waals surface area (Å²) in [6.45, 7) is 0. The van der Waals surface area contributed by atoms with E-state index in [0.717, 1.165) is 42.0 Å². The van der Waals surface area contributed by atoms with Crippen LogP contribution in [0.15, 0.2) is 23.1 Å². The molecule has 0 aromatic heterocycles. The zero-order valence-electron chi connectivity index (χ0n) is 10.5. The van der Waals surface area contributed by atoms with Crippen LogP contribution in [0.2, 0.25) is 0 Å². The fourth-order valence-corrected chi connectivity index (χ4v) is 4.32. The molecule has 1 N–H and O–H groups in total. The zero-order chi connectivity index (χ0) is 12.6. The first-order valence-corrected chi connectivity index (χ1v) is 7.24. The van der Waals surface area contributed by atoms with E-state index in [9.17, 15) is 4.79 Å². The highest BCUT2D eigenvalue weighted by atomic mass is 32.2. The van der Waals surface area contributed by atoms with Crippen molar-refractivity contribution in [3.8, 4) is 5.75 Å². The lowest BCUT2D eigenvalue weighted by Gasteiger charge is -2.39. The van der Waals surface area contributed by atoms with Crippen molar-refractivity contribution in [2.24, 2.45) is 0 Å². The Hall–Kier alpha value is -1.16. The number of methoxy groups -OCH3 is 1. The van der Waals surface area contributed by atoms with E-state index >= 15 is 0 Å². The van der Waals surface area contributed by atoms with Crippen molar-refractivity contribution in [3.05, 3.63) is 18.2 Å². The summed E-state index contributed by atoms with van der Waals surface area (Å²) in [5.74, 6) is 1.04. The lowest BCUT2D eigenvalue weighted by Crippen LogP contribution is -2.44. The number of ether oxygens (including phenoxy) is 1. The van der Waals surface area contributed by atoms with Crippen LogP contribution >= 0.6 is 11.8 Å². The van der Waals surface area contributed by atoms with E-state index in [1.807, 2.05) is 18.2 Å². The second kappa shape index (κ2) is 4.50. The molecular weight excluding hydrogens is 246 g/mol. The highest BCUT2D eigenvalue weighted by Gasteiger charge is 2.44. The molecule has 1 aromatic carbocycles. The van der Waals surface area contributed by atoms with Gasteiger partial charge in [-0.05, 0) is 25.0 Å². The van der Waals surface area contributed by atoms with E-state index in [1.54, 1.807) is 18.9 Å². The summed E-state index contributed by atoms with van der Waals surface area (Å²) in [7, 11) is 1.68. The quantitative estimate of drug-likeness (QED) is 0.843. The van der Waals surface area contributed by atoms with E-state index < -0.39 is 0 Å². The van der Waals surface area contributed by atoms with E-state index in [0.29, 0.717) is 0 Å². The van der Waals surface area contributed by atoms with Crippen LogP contribution < -0.4 is 10.1 Å². The average Bonchev–Trinajstić information content (AvgIpc) is 2.41. The molecule has 1 aliphatic carbocycles. The average molecular weight is 263 g/mol. The van der Waals surface area contributed by atoms with Crippen molar-refractivity contribution in [3.63, 3.8) is 0 Å². The number of thioether (sulfide) groups is 1. The summed E-state index contributed by atoms with van der Waals surface area (Å²) < 4.78 is 5.15. The molecule has 96 valence electrons. The lowest BCUT2D eigenvalue weighted by atomic mass is 9.87. The Kier molecular flexibility index (Phi) is 2.98. The number of fused-ring (bicyclic) bond motifs is 1. The Morgan fingerprint density at radius 1 is 1.28 bits per heavy atom. The number of amides is 1. The first-order valence-electron chi connectivity index (χ1n) is 6.43. The van der Waals surface area contributed by atoms with Gasteiger partial charge in [-0.1, -0.05) is 25.3 Å². The summed E-state index contributed by atoms with van der Waals surface area (Å²) in [4.78, 5) is 13.4. The molecule has 0 atom stereocenters. The predicted octanol–water partition coefficient (Wildman–Crippen LogP) is 3.44. The molecule has 2 aliphatic rings. The molecule has 3 rings (SSSR count). The molecule has 0 radical (unpaired) electrons. The normalized spacial score (nSPS) is 21.3. The number of anilines is 1. The second-order valence-corrected chi connectivity index (χ2v) is 6.34. The van der Waals surface area contributed by atoms with Gasteiger partial charge >= 0.3 is 0 Å². The topological polar surface area (TPSA) is 38.3 Å². The van der Waals surface area contributed by atoms with Crippen LogP contribution in [0, 0.1) is 0 Å². The molecule has 1 aromatic rings. The SMILES string of the molecule is COc1cccc2c1SC1(CCCCC1)C(=O)N2. The van der Waals surface area contributed by atoms with Gasteiger partial charge in [-0.2, -0.15) is 0 Å². The summed E-state index contributed by atoms with van der Waals surface area (Å²) in [6.07, 6.45) is 5.48. The monoisotopic (exact) mass is 263 g/mol. The summed E-state index contributed by atoms with van der Waals surface area (Å²) in [5.41, 5.74) is 0.889. The zero-order valence-corrected chi connectivity index (χ0v) is 11.3. The summed E-state index contributed by atoms with van der Waals surface area (Å²) in [5, 5.41) is 3.06. The largest absolute Gasteiger partial charge is 0.496 e. The molecule has 1 amide bonds. The van der Waals surface area contributed by atoms with E-state index in [4.69, 9.17) is 4.74 Å². The molecular formula is C14H17NO2S. The van der Waals surface area contributed by atoms with Crippen LogP contribution in [-0.4, -0.2) is 17.8 Å². The predicted molar refractivity (Wildman–Crippen MR) is 73.3 cm³/mol. The van der Waals surface area contributed by atoms with Crippen molar-refractivity contribution >= 4 is 23.4 Å². The minimum absolute atomic E-state index is 0.174. The highest BCUT2D eigenvalue weighted by molar-refractivity contribution is 8.01. The van der Waals surface area contributed by atoms with Crippen LogP contribution in [0.25, 0.3) is 0 Å². The van der Waals surface area contributed by atoms with Gasteiger partial charge < -0.3 is 10.1 Å². The fourth-order valence-electron chi connectivity index (χ4n) is 2.81. The Bertz CT molecular complexity index is 481. The maximum absolute atomic E-state index is 12.4. The third-order valence-electron chi connectivity index (χ3n) is 3.82. The lowest BCUT2D eigenvalue weighted by molar-refractivity contribution is -0.119. The van der Waals surface area contributed by atoms with Gasteiger partial charge in [0.1, 0.15) is 5.75 Å². The van der Waals surface area contributed by atoms with Gasteiger partial charge in [-0.15, -0.1) is 11.8 Å². The van der Waals surface area contributed by atoms with Crippen LogP contribution in [0.3, 0.4) is 0 Å². The van der Waals surface area contributed by atoms with Gasteiger partial charge in [0.15, 0.2) is 0 Å². The number of benzene rings is 1. The standard InChI is InChI=1S/C14H17NO2S/c1-17-11-7-5-6-10-12(11)18-14(13(16)15-10)8-3-2-4-9-14/h5-7H,2-4,8-9H2,1H3,(H,15,16). The minimum Gasteiger partial charge on any atom is -0.496 e. The van der Waals surface area contributed by atoms with Crippen molar-refractivity contribution in [2.45, 2.75) is 41.7 Å². The fraction of sp³-hybridized carbons (Fsp3) is 0.500. The maximum Gasteiger partial charge on any atom is 0.241 e. The molecule has 1 aliphatic heterocycles. The van der Waals surface area contributed by atoms with E-state index in [1.165, 1.54) is 6.42 Å². The molecule has 4 heteroatoms. The van der Waals surface area contributed by atoms with Gasteiger partial charge in [-0.25, -0.2) is 0 Å². The molecule has 0 bridgehead atoms. The van der Waals surface area contributed by atoms with Crippen LogP contribution in [-0.2, 0) is 4.79 Å². The number of carbonyl (C=O) groups is 1. The van der Waals surface area contributed by atoms with Crippen molar-refractivity contribution in [1.29, 1.82) is 0 Å². The maximum atomic E-state index is 12.4. The van der Waals surface area contributed by atoms with Gasteiger partial charge in [0.25, 0.3) is 0 Å². The third kappa shape index (κ3) is 1.79. The van der Waals surface area contributed by atoms with Crippen molar-refractivity contribution in [2.75, 3.05) is 12.4 Å². The van der Waals surface area contributed by atoms with Crippen LogP contribution in [0.1, 0.15) is 32.1 Å². The summed E-state index contributed by atoms with van der Waals surface area (Å²) in [6, 6.07) is 5.82. The number of rotatable bonds is 1. The third-order valence-corrected chi connectivity index (χ3v) is 5.43. The Morgan fingerprint density at radius 3 is 2.78 bits per heavy atom. The Labute approximate surface area is 111 Å². The second-order valence-electron chi connectivity index (χ2n) is 4.95. The number of nitrogens with one attached hydrogen (secondary N) is 1. The molecule has 18 heavy (non-hydrogen) atoms. The summed E-state index contributed by atoms with van der Waals surface area (Å²) >= 11 is 1.70. The number of carbonyl (C=O) groups excluding carboxylic acids is 1. The van der Waals surface area contributed by atoms with Gasteiger partial charge in [0, 0.05) is 0 Å². The number of hydrogen-bond acceptors (Lipinski definition) is 3. The first-order chi connectivity index (χ1) is 8.75. The van der Waals surface area contributed by atoms with Gasteiger partial charge in [0.05, 0.1) is 22.4 Å². The highest BCUT2D eigenvalue weighted by Crippen LogP contribution is 2.52. The van der Waals surface area contributed by atoms with Crippen molar-refractivity contribution in [1.82, 2.24) is 0 Å². The Balaban J connectivity index is 2.01. The molecule has 1 spiro atoms. The van der Waals surface area contributed by atoms with Gasteiger partial charge in [-0.3, -0.25) is 4.79 Å². The van der Waals surface area contributed by atoms with Crippen LogP contribution in [0.4, 0.5) is 5.69 Å². The Morgan fingerprint density at radius 2 is 2.06 bits per heavy atom. The first kappa shape index (κ1) is 11.9. The minimum atomic E-state index is -0.264. The smallest absolute Gasteiger partial charge is 0.241 e. The molecule has 3 nitrogen and oxygen atoms in total. The molecule has 0 unspecified atom stereocenters. The molecule has 0 saturated heterocycles. The van der Waals surface area contributed by atoms with Crippen molar-refractivity contribution < 1.29 is 9.53 Å². The molecule has 1 fully saturated rings. The van der Waals surface area contributed by atoms with E-state index in [2.05, 4.69) is 5.32 Å². The van der Waals surface area contributed by atoms with Gasteiger partial charge in [0.2, 0.25) is 5.91 Å².